The van der Waals surface area contributed by atoms with Crippen LogP contribution in [0.1, 0.15) is 43.6 Å². The number of carbonyl (C=O) groups is 1. The zero-order valence-corrected chi connectivity index (χ0v) is 15.1. The topological polar surface area (TPSA) is 44.8 Å². The fraction of sp³-hybridized carbons (Fsp3) is 0.350. The van der Waals surface area contributed by atoms with Crippen LogP contribution in [0.3, 0.4) is 0 Å². The quantitative estimate of drug-likeness (QED) is 0.634. The van der Waals surface area contributed by atoms with E-state index in [1.54, 1.807) is 12.1 Å². The van der Waals surface area contributed by atoms with E-state index >= 15 is 0 Å². The van der Waals surface area contributed by atoms with Gasteiger partial charge in [0, 0.05) is 0 Å². The fourth-order valence-electron chi connectivity index (χ4n) is 2.56. The largest absolute Gasteiger partial charge is 0.494 e. The van der Waals surface area contributed by atoms with E-state index in [1.807, 2.05) is 70.2 Å². The van der Waals surface area contributed by atoms with Gasteiger partial charge in [-0.2, -0.15) is 0 Å². The second kappa shape index (κ2) is 6.66. The molecule has 0 bridgehead atoms. The van der Waals surface area contributed by atoms with E-state index in [2.05, 4.69) is 0 Å². The molecule has 0 aliphatic carbocycles. The number of esters is 1. The van der Waals surface area contributed by atoms with Crippen LogP contribution in [-0.4, -0.2) is 24.3 Å². The van der Waals surface area contributed by atoms with Crippen molar-refractivity contribution in [2.45, 2.75) is 45.5 Å². The highest BCUT2D eigenvalue weighted by Gasteiger charge is 2.51. The Morgan fingerprint density at radius 1 is 0.920 bits per heavy atom. The van der Waals surface area contributed by atoms with Gasteiger partial charge >= 0.3 is 13.1 Å². The molecule has 0 unspecified atom stereocenters. The standard InChI is InChI=1S/C20H23BO4/c1-19(2)20(3,4)25-21(24-19)17-12-10-16(11-13-17)18(22)23-14-15-8-6-5-7-9-15/h5-13H,14H2,1-4H3. The van der Waals surface area contributed by atoms with E-state index in [1.165, 1.54) is 0 Å². The van der Waals surface area contributed by atoms with Gasteiger partial charge in [0.25, 0.3) is 0 Å². The Morgan fingerprint density at radius 3 is 2.04 bits per heavy atom. The molecule has 2 aromatic rings. The van der Waals surface area contributed by atoms with Crippen molar-refractivity contribution in [3.63, 3.8) is 0 Å². The van der Waals surface area contributed by atoms with Gasteiger partial charge in [0.05, 0.1) is 16.8 Å². The summed E-state index contributed by atoms with van der Waals surface area (Å²) in [6, 6.07) is 16.8. The van der Waals surface area contributed by atoms with Gasteiger partial charge in [-0.1, -0.05) is 42.5 Å². The van der Waals surface area contributed by atoms with Crippen LogP contribution in [0.5, 0.6) is 0 Å². The number of hydrogen-bond donors (Lipinski definition) is 0. The van der Waals surface area contributed by atoms with Gasteiger partial charge in [-0.15, -0.1) is 0 Å². The minimum atomic E-state index is -0.431. The van der Waals surface area contributed by atoms with Crippen LogP contribution in [0.2, 0.25) is 0 Å². The molecule has 2 aromatic carbocycles. The Balaban J connectivity index is 1.63. The molecule has 0 saturated carbocycles. The smallest absolute Gasteiger partial charge is 0.457 e. The molecule has 0 amide bonds. The lowest BCUT2D eigenvalue weighted by Gasteiger charge is -2.32. The maximum atomic E-state index is 12.2. The summed E-state index contributed by atoms with van der Waals surface area (Å²) in [5.74, 6) is -0.343. The third-order valence-corrected chi connectivity index (χ3v) is 4.88. The second-order valence-electron chi connectivity index (χ2n) is 7.27. The molecular formula is C20H23BO4. The predicted molar refractivity (Wildman–Crippen MR) is 97.7 cm³/mol. The highest BCUT2D eigenvalue weighted by Crippen LogP contribution is 2.36. The molecule has 0 aromatic heterocycles. The Morgan fingerprint density at radius 2 is 1.48 bits per heavy atom. The number of rotatable bonds is 4. The summed E-state index contributed by atoms with van der Waals surface area (Å²) in [5.41, 5.74) is 1.59. The van der Waals surface area contributed by atoms with Crippen molar-refractivity contribution in [3.8, 4) is 0 Å². The van der Waals surface area contributed by atoms with Crippen molar-refractivity contribution in [2.24, 2.45) is 0 Å². The molecule has 130 valence electrons. The molecule has 1 aliphatic rings. The van der Waals surface area contributed by atoms with Gasteiger partial charge in [0.2, 0.25) is 0 Å². The number of carbonyl (C=O) groups excluding carboxylic acids is 1. The minimum Gasteiger partial charge on any atom is -0.457 e. The summed E-state index contributed by atoms with van der Waals surface area (Å²) in [4.78, 5) is 12.2. The summed E-state index contributed by atoms with van der Waals surface area (Å²) in [6.45, 7) is 8.33. The molecule has 1 fully saturated rings. The fourth-order valence-corrected chi connectivity index (χ4v) is 2.56. The average molecular weight is 338 g/mol. The molecule has 1 saturated heterocycles. The molecule has 4 nitrogen and oxygen atoms in total. The van der Waals surface area contributed by atoms with E-state index in [9.17, 15) is 4.79 Å². The molecule has 3 rings (SSSR count). The summed E-state index contributed by atoms with van der Waals surface area (Å²) in [5, 5.41) is 0. The van der Waals surface area contributed by atoms with Crippen molar-refractivity contribution in [1.82, 2.24) is 0 Å². The highest BCUT2D eigenvalue weighted by atomic mass is 16.7. The van der Waals surface area contributed by atoms with Gasteiger partial charge < -0.3 is 14.0 Å². The lowest BCUT2D eigenvalue weighted by Crippen LogP contribution is -2.41. The van der Waals surface area contributed by atoms with E-state index in [0.29, 0.717) is 5.56 Å². The van der Waals surface area contributed by atoms with Gasteiger partial charge in [-0.3, -0.25) is 0 Å². The van der Waals surface area contributed by atoms with Gasteiger partial charge in [-0.25, -0.2) is 4.79 Å². The second-order valence-corrected chi connectivity index (χ2v) is 7.27. The molecular weight excluding hydrogens is 315 g/mol. The zero-order chi connectivity index (χ0) is 18.1. The van der Waals surface area contributed by atoms with Crippen molar-refractivity contribution >= 4 is 18.6 Å². The molecule has 25 heavy (non-hydrogen) atoms. The van der Waals surface area contributed by atoms with E-state index in [0.717, 1.165) is 11.0 Å². The first-order valence-electron chi connectivity index (χ1n) is 8.45. The molecule has 5 heteroatoms. The van der Waals surface area contributed by atoms with Crippen molar-refractivity contribution < 1.29 is 18.8 Å². The first-order valence-corrected chi connectivity index (χ1v) is 8.45. The maximum Gasteiger partial charge on any atom is 0.494 e. The summed E-state index contributed by atoms with van der Waals surface area (Å²) in [7, 11) is -0.431. The third kappa shape index (κ3) is 3.78. The number of ether oxygens (including phenoxy) is 1. The number of hydrogen-bond acceptors (Lipinski definition) is 4. The van der Waals surface area contributed by atoms with Gasteiger partial charge in [0.1, 0.15) is 6.61 Å². The number of benzene rings is 2. The van der Waals surface area contributed by atoms with Crippen molar-refractivity contribution in [1.29, 1.82) is 0 Å². The van der Waals surface area contributed by atoms with Crippen LogP contribution in [-0.2, 0) is 20.7 Å². The van der Waals surface area contributed by atoms with Crippen LogP contribution in [0, 0.1) is 0 Å². The Kier molecular flexibility index (Phi) is 4.72. The molecule has 0 atom stereocenters. The SMILES string of the molecule is CC1(C)OB(c2ccc(C(=O)OCc3ccccc3)cc2)OC1(C)C. The summed E-state index contributed by atoms with van der Waals surface area (Å²) in [6.07, 6.45) is 0. The zero-order valence-electron chi connectivity index (χ0n) is 15.1. The molecule has 0 radical (unpaired) electrons. The summed E-state index contributed by atoms with van der Waals surface area (Å²) >= 11 is 0. The van der Waals surface area contributed by atoms with Crippen LogP contribution in [0.25, 0.3) is 0 Å². The molecule has 1 heterocycles. The highest BCUT2D eigenvalue weighted by molar-refractivity contribution is 6.62. The van der Waals surface area contributed by atoms with E-state index in [4.69, 9.17) is 14.0 Å². The van der Waals surface area contributed by atoms with E-state index < -0.39 is 7.12 Å². The van der Waals surface area contributed by atoms with E-state index in [-0.39, 0.29) is 23.8 Å². The van der Waals surface area contributed by atoms with Crippen molar-refractivity contribution in [2.75, 3.05) is 0 Å². The Labute approximate surface area is 149 Å². The van der Waals surface area contributed by atoms with Gasteiger partial charge in [-0.05, 0) is 50.9 Å². The monoisotopic (exact) mass is 338 g/mol. The molecule has 0 N–H and O–H groups in total. The third-order valence-electron chi connectivity index (χ3n) is 4.88. The van der Waals surface area contributed by atoms with Crippen LogP contribution in [0.15, 0.2) is 54.6 Å². The molecule has 1 aliphatic heterocycles. The van der Waals surface area contributed by atoms with Crippen molar-refractivity contribution in [3.05, 3.63) is 65.7 Å². The molecule has 0 spiro atoms. The van der Waals surface area contributed by atoms with Crippen LogP contribution >= 0.6 is 0 Å². The van der Waals surface area contributed by atoms with Crippen LogP contribution < -0.4 is 5.46 Å². The van der Waals surface area contributed by atoms with Gasteiger partial charge in [0.15, 0.2) is 0 Å². The minimum absolute atomic E-state index is 0.263. The normalized spacial score (nSPS) is 18.2. The first-order chi connectivity index (χ1) is 11.8. The summed E-state index contributed by atoms with van der Waals surface area (Å²) < 4.78 is 17.4. The predicted octanol–water partition coefficient (Wildman–Crippen LogP) is 3.34. The maximum absolute atomic E-state index is 12.2. The Bertz CT molecular complexity index is 722. The lowest BCUT2D eigenvalue weighted by molar-refractivity contribution is 0.00578. The first kappa shape index (κ1) is 17.7. The van der Waals surface area contributed by atoms with Crippen LogP contribution in [0.4, 0.5) is 0 Å². The lowest BCUT2D eigenvalue weighted by atomic mass is 9.79. The Hall–Kier alpha value is -2.11. The average Bonchev–Trinajstić information content (AvgIpc) is 2.81.